The fourth-order valence-corrected chi connectivity index (χ4v) is 7.85. The maximum atomic E-state index is 15.1. The van der Waals surface area contributed by atoms with Crippen LogP contribution in [0.3, 0.4) is 0 Å². The monoisotopic (exact) mass is 654 g/mol. The van der Waals surface area contributed by atoms with Crippen molar-refractivity contribution in [2.24, 2.45) is 5.92 Å². The van der Waals surface area contributed by atoms with Gasteiger partial charge < -0.3 is 15.4 Å². The standard InChI is InChI=1S/C33H40F2N6O4S/c1-23(25-8-7-9-26(16-25)33(34,35)18-24-19-37-20-24)40-29-27-17-28(32(21-36)10-14-46(44,45)15-11-32)31(43)41(30(27)39-22-38-29)12-5-3-2-4-6-13-42/h7-9,13,16-17,22-24,37H,2-6,10-12,14-15,18-20H2,1H3,(H,38,39,40)/t23-/m1/s1. The summed E-state index contributed by atoms with van der Waals surface area (Å²) in [4.78, 5) is 33.6. The minimum atomic E-state index is -3.32. The second-order valence-electron chi connectivity index (χ2n) is 12.6. The van der Waals surface area contributed by atoms with E-state index in [1.54, 1.807) is 18.2 Å². The largest absolute Gasteiger partial charge is 0.363 e. The van der Waals surface area contributed by atoms with Gasteiger partial charge in [0.1, 0.15) is 33.9 Å². The highest BCUT2D eigenvalue weighted by Gasteiger charge is 2.42. The van der Waals surface area contributed by atoms with Crippen LogP contribution >= 0.6 is 0 Å². The first kappa shape index (κ1) is 33.6. The van der Waals surface area contributed by atoms with Crippen molar-refractivity contribution in [1.82, 2.24) is 19.9 Å². The Labute approximate surface area is 267 Å². The van der Waals surface area contributed by atoms with Crippen molar-refractivity contribution in [3.8, 4) is 6.07 Å². The SMILES string of the molecule is C[C@@H](Nc1ncnc2c1cc(C1(C#N)CCS(=O)(=O)CC1)c(=O)n2CCCCCCC=O)c1cccc(C(F)(F)CC2CNC2)c1. The lowest BCUT2D eigenvalue weighted by atomic mass is 9.77. The van der Waals surface area contributed by atoms with Gasteiger partial charge in [-0.3, -0.25) is 9.36 Å². The van der Waals surface area contributed by atoms with Crippen molar-refractivity contribution in [2.75, 3.05) is 29.9 Å². The molecule has 2 aliphatic heterocycles. The number of nitriles is 1. The summed E-state index contributed by atoms with van der Waals surface area (Å²) in [7, 11) is -3.32. The topological polar surface area (TPSA) is 147 Å². The fraction of sp³-hybridized carbons (Fsp3) is 0.545. The van der Waals surface area contributed by atoms with E-state index >= 15 is 8.78 Å². The molecule has 2 N–H and O–H groups in total. The van der Waals surface area contributed by atoms with Crippen LogP contribution in [0.1, 0.15) is 81.0 Å². The molecule has 2 aromatic heterocycles. The number of pyridine rings is 1. The number of hydrogen-bond donors (Lipinski definition) is 2. The number of aryl methyl sites for hydroxylation is 1. The Balaban J connectivity index is 1.50. The fourth-order valence-electron chi connectivity index (χ4n) is 6.32. The van der Waals surface area contributed by atoms with Crippen LogP contribution in [0, 0.1) is 17.2 Å². The second-order valence-corrected chi connectivity index (χ2v) is 14.9. The lowest BCUT2D eigenvalue weighted by molar-refractivity contribution is -0.107. The van der Waals surface area contributed by atoms with E-state index in [1.165, 1.54) is 23.0 Å². The van der Waals surface area contributed by atoms with E-state index in [2.05, 4.69) is 26.7 Å². The molecule has 246 valence electrons. The van der Waals surface area contributed by atoms with Gasteiger partial charge in [0.15, 0.2) is 0 Å². The van der Waals surface area contributed by atoms with Crippen LogP contribution in [0.5, 0.6) is 0 Å². The van der Waals surface area contributed by atoms with Gasteiger partial charge in [0.05, 0.1) is 28.4 Å². The first-order valence-electron chi connectivity index (χ1n) is 15.9. The molecule has 4 heterocycles. The lowest BCUT2D eigenvalue weighted by Crippen LogP contribution is -2.44. The van der Waals surface area contributed by atoms with E-state index in [0.717, 1.165) is 25.5 Å². The molecule has 0 amide bonds. The van der Waals surface area contributed by atoms with Gasteiger partial charge in [-0.05, 0) is 69.3 Å². The third kappa shape index (κ3) is 7.28. The van der Waals surface area contributed by atoms with Crippen LogP contribution in [0.4, 0.5) is 14.6 Å². The number of rotatable bonds is 14. The van der Waals surface area contributed by atoms with Crippen molar-refractivity contribution in [3.63, 3.8) is 0 Å². The predicted molar refractivity (Wildman–Crippen MR) is 171 cm³/mol. The van der Waals surface area contributed by atoms with E-state index in [0.29, 0.717) is 54.9 Å². The number of hydrogen-bond acceptors (Lipinski definition) is 9. The van der Waals surface area contributed by atoms with Gasteiger partial charge in [-0.1, -0.05) is 31.0 Å². The van der Waals surface area contributed by atoms with Crippen LogP contribution < -0.4 is 16.2 Å². The van der Waals surface area contributed by atoms with E-state index in [-0.39, 0.29) is 47.8 Å². The van der Waals surface area contributed by atoms with E-state index in [1.807, 2.05) is 6.92 Å². The summed E-state index contributed by atoms with van der Waals surface area (Å²) in [5.41, 5.74) is -0.545. The Kier molecular flexibility index (Phi) is 10.2. The van der Waals surface area contributed by atoms with Gasteiger partial charge in [-0.2, -0.15) is 5.26 Å². The molecule has 2 aliphatic rings. The van der Waals surface area contributed by atoms with Gasteiger partial charge in [0.2, 0.25) is 0 Å². The quantitative estimate of drug-likeness (QED) is 0.185. The van der Waals surface area contributed by atoms with E-state index in [4.69, 9.17) is 0 Å². The predicted octanol–water partition coefficient (Wildman–Crippen LogP) is 4.79. The van der Waals surface area contributed by atoms with Gasteiger partial charge in [-0.25, -0.2) is 27.2 Å². The minimum absolute atomic E-state index is 0.00303. The van der Waals surface area contributed by atoms with E-state index in [9.17, 15) is 23.3 Å². The Hall–Kier alpha value is -3.76. The molecule has 13 heteroatoms. The van der Waals surface area contributed by atoms with Crippen molar-refractivity contribution < 1.29 is 22.0 Å². The number of nitrogens with one attached hydrogen (secondary N) is 2. The van der Waals surface area contributed by atoms with Crippen molar-refractivity contribution >= 4 is 33.0 Å². The summed E-state index contributed by atoms with van der Waals surface area (Å²) < 4.78 is 56.3. The molecule has 2 saturated heterocycles. The van der Waals surface area contributed by atoms with Gasteiger partial charge in [0, 0.05) is 36.6 Å². The highest BCUT2D eigenvalue weighted by molar-refractivity contribution is 7.91. The summed E-state index contributed by atoms with van der Waals surface area (Å²) in [5, 5.41) is 17.2. The average Bonchev–Trinajstić information content (AvgIpc) is 3.02. The number of anilines is 1. The minimum Gasteiger partial charge on any atom is -0.363 e. The Morgan fingerprint density at radius 2 is 1.91 bits per heavy atom. The number of nitrogens with zero attached hydrogens (tertiary/aromatic N) is 4. The number of aldehydes is 1. The highest BCUT2D eigenvalue weighted by Crippen LogP contribution is 2.38. The van der Waals surface area contributed by atoms with Crippen molar-refractivity contribution in [1.29, 1.82) is 5.26 Å². The number of halogens is 2. The maximum Gasteiger partial charge on any atom is 0.273 e. The number of fused-ring (bicyclic) bond motifs is 1. The normalized spacial score (nSPS) is 18.4. The van der Waals surface area contributed by atoms with Gasteiger partial charge in [-0.15, -0.1) is 0 Å². The molecule has 0 saturated carbocycles. The molecule has 46 heavy (non-hydrogen) atoms. The molecule has 0 spiro atoms. The number of alkyl halides is 2. The number of sulfone groups is 1. The molecule has 0 bridgehead atoms. The van der Waals surface area contributed by atoms with Crippen LogP contribution in [0.2, 0.25) is 0 Å². The molecule has 1 atom stereocenters. The number of aromatic nitrogens is 3. The third-order valence-electron chi connectivity index (χ3n) is 9.32. The molecule has 2 fully saturated rings. The second kappa shape index (κ2) is 13.9. The van der Waals surface area contributed by atoms with Gasteiger partial charge >= 0.3 is 0 Å². The first-order valence-corrected chi connectivity index (χ1v) is 17.7. The summed E-state index contributed by atoms with van der Waals surface area (Å²) in [6.07, 6.45) is 5.46. The summed E-state index contributed by atoms with van der Waals surface area (Å²) >= 11 is 0. The summed E-state index contributed by atoms with van der Waals surface area (Å²) in [5.74, 6) is -3.05. The molecule has 10 nitrogen and oxygen atoms in total. The Morgan fingerprint density at radius 1 is 1.17 bits per heavy atom. The van der Waals surface area contributed by atoms with E-state index < -0.39 is 32.8 Å². The number of carbonyl (C=O) groups excluding carboxylic acids is 1. The highest BCUT2D eigenvalue weighted by atomic mass is 32.2. The molecular weight excluding hydrogens is 614 g/mol. The molecule has 3 aromatic rings. The summed E-state index contributed by atoms with van der Waals surface area (Å²) in [6, 6.07) is 9.76. The average molecular weight is 655 g/mol. The molecule has 5 rings (SSSR count). The molecule has 0 aliphatic carbocycles. The number of unbranched alkanes of at least 4 members (excludes halogenated alkanes) is 4. The molecule has 0 radical (unpaired) electrons. The zero-order valence-electron chi connectivity index (χ0n) is 26.0. The number of carbonyl (C=O) groups is 1. The van der Waals surface area contributed by atoms with Crippen LogP contribution in [0.25, 0.3) is 11.0 Å². The zero-order valence-corrected chi connectivity index (χ0v) is 26.8. The molecule has 1 aromatic carbocycles. The zero-order chi connectivity index (χ0) is 33.0. The molecular formula is C33H40F2N6O4S. The maximum absolute atomic E-state index is 15.1. The van der Waals surface area contributed by atoms with Gasteiger partial charge in [0.25, 0.3) is 11.5 Å². The third-order valence-corrected chi connectivity index (χ3v) is 11.0. The first-order chi connectivity index (χ1) is 22.0. The van der Waals surface area contributed by atoms with Crippen molar-refractivity contribution in [3.05, 3.63) is 63.7 Å². The Bertz CT molecular complexity index is 1770. The smallest absolute Gasteiger partial charge is 0.273 e. The summed E-state index contributed by atoms with van der Waals surface area (Å²) in [6.45, 7) is 3.32. The lowest BCUT2D eigenvalue weighted by Gasteiger charge is -2.31. The van der Waals surface area contributed by atoms with Crippen LogP contribution in [-0.4, -0.2) is 53.8 Å². The molecule has 0 unspecified atom stereocenters. The Morgan fingerprint density at radius 3 is 2.59 bits per heavy atom. The number of benzene rings is 1. The van der Waals surface area contributed by atoms with Crippen LogP contribution in [0.15, 0.2) is 41.5 Å². The van der Waals surface area contributed by atoms with Crippen molar-refractivity contribution in [2.45, 2.75) is 82.2 Å². The van der Waals surface area contributed by atoms with Crippen LogP contribution in [-0.2, 0) is 32.5 Å².